The molecule has 140 valence electrons. The molecule has 0 bridgehead atoms. The lowest BCUT2D eigenvalue weighted by Gasteiger charge is -2.26. The van der Waals surface area contributed by atoms with E-state index in [0.29, 0.717) is 12.3 Å². The van der Waals surface area contributed by atoms with Gasteiger partial charge >= 0.3 is 0 Å². The molecule has 5 N–H and O–H groups in total. The van der Waals surface area contributed by atoms with Gasteiger partial charge in [-0.15, -0.1) is 12.4 Å². The number of phenols is 1. The van der Waals surface area contributed by atoms with Gasteiger partial charge in [-0.2, -0.15) is 0 Å². The summed E-state index contributed by atoms with van der Waals surface area (Å²) in [6.07, 6.45) is 4.62. The van der Waals surface area contributed by atoms with Crippen LogP contribution in [0.2, 0.25) is 0 Å². The SMILES string of the molecule is CC(=O)Nc1ccc(C(=N)N)c(O)c1OCCCN1CCCCC1.Cl. The first-order chi connectivity index (χ1) is 11.5. The molecule has 0 spiro atoms. The first kappa shape index (κ1) is 21.1. The fourth-order valence-corrected chi connectivity index (χ4v) is 2.87. The number of nitrogens with zero attached hydrogens (tertiary/aromatic N) is 1. The zero-order chi connectivity index (χ0) is 17.5. The molecule has 1 fully saturated rings. The van der Waals surface area contributed by atoms with Crippen LogP contribution in [0.25, 0.3) is 0 Å². The van der Waals surface area contributed by atoms with Crippen molar-refractivity contribution >= 4 is 29.8 Å². The van der Waals surface area contributed by atoms with Gasteiger partial charge in [-0.05, 0) is 44.5 Å². The third kappa shape index (κ3) is 6.10. The van der Waals surface area contributed by atoms with E-state index in [1.165, 1.54) is 32.3 Å². The molecule has 0 aliphatic carbocycles. The molecule has 1 aliphatic rings. The highest BCUT2D eigenvalue weighted by atomic mass is 35.5. The summed E-state index contributed by atoms with van der Waals surface area (Å²) in [5.74, 6) is -0.563. The molecule has 0 unspecified atom stereocenters. The molecule has 2 rings (SSSR count). The fourth-order valence-electron chi connectivity index (χ4n) is 2.87. The standard InChI is InChI=1S/C17H26N4O3.ClH/c1-12(22)20-14-7-6-13(17(18)19)15(23)16(14)24-11-5-10-21-8-3-2-4-9-21;/h6-7,23H,2-5,8-11H2,1H3,(H3,18,19)(H,20,22);1H. The van der Waals surface area contributed by atoms with Gasteiger partial charge in [0.05, 0.1) is 17.9 Å². The van der Waals surface area contributed by atoms with Crippen molar-refractivity contribution in [2.75, 3.05) is 31.6 Å². The van der Waals surface area contributed by atoms with Gasteiger partial charge < -0.3 is 25.8 Å². The van der Waals surface area contributed by atoms with Crippen molar-refractivity contribution in [3.8, 4) is 11.5 Å². The van der Waals surface area contributed by atoms with Gasteiger partial charge in [-0.1, -0.05) is 6.42 Å². The van der Waals surface area contributed by atoms with Crippen LogP contribution >= 0.6 is 12.4 Å². The molecule has 0 saturated carbocycles. The number of benzene rings is 1. The summed E-state index contributed by atoms with van der Waals surface area (Å²) < 4.78 is 5.71. The third-order valence-corrected chi connectivity index (χ3v) is 4.05. The van der Waals surface area contributed by atoms with Crippen molar-refractivity contribution in [2.45, 2.75) is 32.6 Å². The van der Waals surface area contributed by atoms with Crippen molar-refractivity contribution in [1.82, 2.24) is 4.90 Å². The number of phenolic OH excluding ortho intramolecular Hbond substituents is 1. The highest BCUT2D eigenvalue weighted by molar-refractivity contribution is 6.00. The van der Waals surface area contributed by atoms with Crippen LogP contribution in [-0.2, 0) is 4.79 Å². The Balaban J connectivity index is 0.00000312. The number of anilines is 1. The zero-order valence-electron chi connectivity index (χ0n) is 14.5. The Morgan fingerprint density at radius 1 is 1.36 bits per heavy atom. The zero-order valence-corrected chi connectivity index (χ0v) is 15.3. The first-order valence-electron chi connectivity index (χ1n) is 8.32. The van der Waals surface area contributed by atoms with Crippen LogP contribution in [0.1, 0.15) is 38.2 Å². The van der Waals surface area contributed by atoms with E-state index in [2.05, 4.69) is 10.2 Å². The minimum Gasteiger partial charge on any atom is -0.504 e. The minimum absolute atomic E-state index is 0. The molecular weight excluding hydrogens is 344 g/mol. The van der Waals surface area contributed by atoms with E-state index in [1.807, 2.05) is 0 Å². The number of nitrogens with one attached hydrogen (secondary N) is 2. The smallest absolute Gasteiger partial charge is 0.221 e. The molecule has 0 atom stereocenters. The van der Waals surface area contributed by atoms with Gasteiger partial charge in [0, 0.05) is 13.5 Å². The topological polar surface area (TPSA) is 112 Å². The summed E-state index contributed by atoms with van der Waals surface area (Å²) in [7, 11) is 0. The molecule has 1 saturated heterocycles. The maximum Gasteiger partial charge on any atom is 0.221 e. The number of nitrogen functional groups attached to an aromatic ring is 1. The number of hydrogen-bond acceptors (Lipinski definition) is 5. The van der Waals surface area contributed by atoms with E-state index in [1.54, 1.807) is 6.07 Å². The van der Waals surface area contributed by atoms with Crippen LogP contribution in [0, 0.1) is 5.41 Å². The number of aromatic hydroxyl groups is 1. The Bertz CT molecular complexity index is 604. The van der Waals surface area contributed by atoms with Gasteiger partial charge in [0.25, 0.3) is 0 Å². The van der Waals surface area contributed by atoms with Crippen LogP contribution in [0.4, 0.5) is 5.69 Å². The molecule has 1 amide bonds. The van der Waals surface area contributed by atoms with E-state index in [-0.39, 0.29) is 41.2 Å². The minimum atomic E-state index is -0.261. The molecule has 0 aromatic heterocycles. The molecule has 1 aromatic rings. The van der Waals surface area contributed by atoms with Crippen molar-refractivity contribution < 1.29 is 14.6 Å². The quantitative estimate of drug-likeness (QED) is 0.334. The number of halogens is 1. The average Bonchev–Trinajstić information content (AvgIpc) is 2.54. The van der Waals surface area contributed by atoms with Gasteiger partial charge in [-0.25, -0.2) is 0 Å². The number of amides is 1. The molecule has 1 aromatic carbocycles. The van der Waals surface area contributed by atoms with E-state index in [9.17, 15) is 9.90 Å². The van der Waals surface area contributed by atoms with Gasteiger partial charge in [0.1, 0.15) is 5.84 Å². The highest BCUT2D eigenvalue weighted by Crippen LogP contribution is 2.37. The number of amidine groups is 1. The van der Waals surface area contributed by atoms with Crippen LogP contribution < -0.4 is 15.8 Å². The molecule has 1 heterocycles. The Morgan fingerprint density at radius 2 is 2.04 bits per heavy atom. The molecular formula is C17H27ClN4O3. The molecule has 8 heteroatoms. The lowest BCUT2D eigenvalue weighted by molar-refractivity contribution is -0.114. The van der Waals surface area contributed by atoms with Gasteiger partial charge in [-0.3, -0.25) is 10.2 Å². The van der Waals surface area contributed by atoms with E-state index in [4.69, 9.17) is 15.9 Å². The van der Waals surface area contributed by atoms with Crippen LogP contribution in [0.5, 0.6) is 11.5 Å². The van der Waals surface area contributed by atoms with Crippen molar-refractivity contribution in [3.05, 3.63) is 17.7 Å². The summed E-state index contributed by atoms with van der Waals surface area (Å²) in [5, 5.41) is 20.4. The molecule has 25 heavy (non-hydrogen) atoms. The van der Waals surface area contributed by atoms with E-state index >= 15 is 0 Å². The summed E-state index contributed by atoms with van der Waals surface area (Å²) in [5.41, 5.74) is 6.03. The Hall–Kier alpha value is -1.99. The second-order valence-electron chi connectivity index (χ2n) is 6.04. The van der Waals surface area contributed by atoms with Crippen LogP contribution in [-0.4, -0.2) is 48.0 Å². The van der Waals surface area contributed by atoms with Crippen molar-refractivity contribution in [1.29, 1.82) is 5.41 Å². The first-order valence-corrected chi connectivity index (χ1v) is 8.32. The Labute approximate surface area is 154 Å². The second kappa shape index (κ2) is 10.1. The van der Waals surface area contributed by atoms with Gasteiger partial charge in [0.15, 0.2) is 11.5 Å². The summed E-state index contributed by atoms with van der Waals surface area (Å²) in [6.45, 7) is 5.00. The monoisotopic (exact) mass is 370 g/mol. The predicted molar refractivity (Wildman–Crippen MR) is 101 cm³/mol. The predicted octanol–water partition coefficient (Wildman–Crippen LogP) is 2.31. The molecule has 0 radical (unpaired) electrons. The van der Waals surface area contributed by atoms with Crippen molar-refractivity contribution in [2.24, 2.45) is 5.73 Å². The summed E-state index contributed by atoms with van der Waals surface area (Å²) in [6, 6.07) is 3.07. The fraction of sp³-hybridized carbons (Fsp3) is 0.529. The number of ether oxygens (including phenoxy) is 1. The summed E-state index contributed by atoms with van der Waals surface area (Å²) in [4.78, 5) is 13.7. The molecule has 7 nitrogen and oxygen atoms in total. The lowest BCUT2D eigenvalue weighted by atomic mass is 10.1. The number of carbonyl (C=O) groups is 1. The Kier molecular flexibility index (Phi) is 8.51. The van der Waals surface area contributed by atoms with Crippen LogP contribution in [0.3, 0.4) is 0 Å². The van der Waals surface area contributed by atoms with Gasteiger partial charge in [0.2, 0.25) is 5.91 Å². The second-order valence-corrected chi connectivity index (χ2v) is 6.04. The normalized spacial score (nSPS) is 14.4. The maximum atomic E-state index is 11.3. The van der Waals surface area contributed by atoms with Crippen LogP contribution in [0.15, 0.2) is 12.1 Å². The Morgan fingerprint density at radius 3 is 2.64 bits per heavy atom. The number of nitrogens with two attached hydrogens (primary N) is 1. The number of hydrogen-bond donors (Lipinski definition) is 4. The number of likely N-dealkylation sites (tertiary alicyclic amines) is 1. The van der Waals surface area contributed by atoms with E-state index < -0.39 is 0 Å². The summed E-state index contributed by atoms with van der Waals surface area (Å²) >= 11 is 0. The maximum absolute atomic E-state index is 11.3. The number of rotatable bonds is 7. The van der Waals surface area contributed by atoms with Crippen molar-refractivity contribution in [3.63, 3.8) is 0 Å². The van der Waals surface area contributed by atoms with E-state index in [0.717, 1.165) is 26.1 Å². The third-order valence-electron chi connectivity index (χ3n) is 4.05. The average molecular weight is 371 g/mol. The molecule has 1 aliphatic heterocycles. The highest BCUT2D eigenvalue weighted by Gasteiger charge is 2.17. The largest absolute Gasteiger partial charge is 0.504 e. The number of carbonyl (C=O) groups excluding carboxylic acids is 1. The lowest BCUT2D eigenvalue weighted by Crippen LogP contribution is -2.31. The number of piperidine rings is 1.